The number of carboxylic acids is 1. The predicted molar refractivity (Wildman–Crippen MR) is 77.5 cm³/mol. The number of hydrogen-bond donors (Lipinski definition) is 2. The van der Waals surface area contributed by atoms with E-state index in [1.165, 1.54) is 30.3 Å². The van der Waals surface area contributed by atoms with Gasteiger partial charge in [-0.15, -0.1) is 0 Å². The highest BCUT2D eigenvalue weighted by molar-refractivity contribution is 6.34. The molecule has 0 saturated carbocycles. The van der Waals surface area contributed by atoms with Crippen LogP contribution in [0.5, 0.6) is 0 Å². The van der Waals surface area contributed by atoms with E-state index in [0.717, 1.165) is 0 Å². The fraction of sp³-hybridized carbons (Fsp3) is 0.0667. The van der Waals surface area contributed by atoms with Gasteiger partial charge in [0, 0.05) is 0 Å². The number of aryl methyl sites for hydroxylation is 1. The van der Waals surface area contributed by atoms with Gasteiger partial charge in [-0.05, 0) is 42.8 Å². The number of benzene rings is 2. The number of anilines is 1. The molecule has 108 valence electrons. The molecule has 0 unspecified atom stereocenters. The summed E-state index contributed by atoms with van der Waals surface area (Å²) in [5, 5.41) is 11.5. The Labute approximate surface area is 125 Å². The molecular weight excluding hydrogens is 297 g/mol. The van der Waals surface area contributed by atoms with Gasteiger partial charge in [-0.3, -0.25) is 4.79 Å². The molecular formula is C15H11ClFNO3. The first-order valence-corrected chi connectivity index (χ1v) is 6.36. The Hall–Kier alpha value is -2.40. The van der Waals surface area contributed by atoms with E-state index < -0.39 is 17.7 Å². The van der Waals surface area contributed by atoms with Gasteiger partial charge in [-0.25, -0.2) is 9.18 Å². The first kappa shape index (κ1) is 15.0. The molecule has 0 aliphatic carbocycles. The van der Waals surface area contributed by atoms with Crippen molar-refractivity contribution in [3.8, 4) is 0 Å². The minimum Gasteiger partial charge on any atom is -0.478 e. The molecule has 0 aromatic heterocycles. The molecule has 2 N–H and O–H groups in total. The van der Waals surface area contributed by atoms with Gasteiger partial charge >= 0.3 is 5.97 Å². The Kier molecular flexibility index (Phi) is 4.23. The summed E-state index contributed by atoms with van der Waals surface area (Å²) < 4.78 is 13.7. The van der Waals surface area contributed by atoms with E-state index in [4.69, 9.17) is 16.7 Å². The van der Waals surface area contributed by atoms with E-state index in [1.807, 2.05) is 0 Å². The van der Waals surface area contributed by atoms with Crippen LogP contribution in [0.4, 0.5) is 10.1 Å². The van der Waals surface area contributed by atoms with Crippen molar-refractivity contribution in [3.05, 3.63) is 63.9 Å². The Morgan fingerprint density at radius 2 is 1.90 bits per heavy atom. The lowest BCUT2D eigenvalue weighted by molar-refractivity contribution is 0.0696. The largest absolute Gasteiger partial charge is 0.478 e. The molecule has 0 fully saturated rings. The van der Waals surface area contributed by atoms with Crippen LogP contribution in [0.25, 0.3) is 0 Å². The Morgan fingerprint density at radius 3 is 2.52 bits per heavy atom. The van der Waals surface area contributed by atoms with Crippen molar-refractivity contribution in [3.63, 3.8) is 0 Å². The summed E-state index contributed by atoms with van der Waals surface area (Å²) in [4.78, 5) is 22.9. The summed E-state index contributed by atoms with van der Waals surface area (Å²) in [7, 11) is 0. The summed E-state index contributed by atoms with van der Waals surface area (Å²) in [6, 6.07) is 8.08. The number of rotatable bonds is 3. The molecule has 1 amide bonds. The molecule has 4 nitrogen and oxygen atoms in total. The maximum Gasteiger partial charge on any atom is 0.335 e. The molecule has 0 bridgehead atoms. The Balaban J connectivity index is 2.31. The quantitative estimate of drug-likeness (QED) is 0.907. The fourth-order valence-electron chi connectivity index (χ4n) is 1.75. The van der Waals surface area contributed by atoms with E-state index in [9.17, 15) is 14.0 Å². The molecule has 21 heavy (non-hydrogen) atoms. The SMILES string of the molecule is Cc1ccc(C(=O)Nc2cc(C(=O)O)ccc2Cl)c(F)c1. The summed E-state index contributed by atoms with van der Waals surface area (Å²) in [6.07, 6.45) is 0. The van der Waals surface area contributed by atoms with E-state index in [1.54, 1.807) is 13.0 Å². The van der Waals surface area contributed by atoms with Crippen LogP contribution in [0.1, 0.15) is 26.3 Å². The monoisotopic (exact) mass is 307 g/mol. The zero-order chi connectivity index (χ0) is 15.6. The number of carbonyl (C=O) groups excluding carboxylic acids is 1. The fourth-order valence-corrected chi connectivity index (χ4v) is 1.91. The van der Waals surface area contributed by atoms with Gasteiger partial charge in [0.2, 0.25) is 0 Å². The maximum absolute atomic E-state index is 13.7. The molecule has 6 heteroatoms. The number of aromatic carboxylic acids is 1. The van der Waals surface area contributed by atoms with Gasteiger partial charge in [0.1, 0.15) is 5.82 Å². The molecule has 2 rings (SSSR count). The van der Waals surface area contributed by atoms with Crippen molar-refractivity contribution >= 4 is 29.2 Å². The lowest BCUT2D eigenvalue weighted by Crippen LogP contribution is -2.14. The summed E-state index contributed by atoms with van der Waals surface area (Å²) >= 11 is 5.90. The summed E-state index contributed by atoms with van der Waals surface area (Å²) in [6.45, 7) is 1.71. The van der Waals surface area contributed by atoms with Gasteiger partial charge in [-0.2, -0.15) is 0 Å². The van der Waals surface area contributed by atoms with Crippen molar-refractivity contribution in [2.24, 2.45) is 0 Å². The maximum atomic E-state index is 13.7. The van der Waals surface area contributed by atoms with Gasteiger partial charge in [0.05, 0.1) is 21.8 Å². The van der Waals surface area contributed by atoms with Crippen LogP contribution in [0, 0.1) is 12.7 Å². The number of hydrogen-bond acceptors (Lipinski definition) is 2. The van der Waals surface area contributed by atoms with Gasteiger partial charge in [0.15, 0.2) is 0 Å². The van der Waals surface area contributed by atoms with Crippen molar-refractivity contribution in [1.29, 1.82) is 0 Å². The molecule has 0 radical (unpaired) electrons. The van der Waals surface area contributed by atoms with E-state index in [0.29, 0.717) is 5.56 Å². The molecule has 0 saturated heterocycles. The number of carboxylic acid groups (broad SMARTS) is 1. The van der Waals surface area contributed by atoms with Crippen molar-refractivity contribution in [1.82, 2.24) is 0 Å². The van der Waals surface area contributed by atoms with E-state index in [2.05, 4.69) is 5.32 Å². The number of amides is 1. The Bertz CT molecular complexity index is 731. The zero-order valence-corrected chi connectivity index (χ0v) is 11.7. The Morgan fingerprint density at radius 1 is 1.19 bits per heavy atom. The minimum absolute atomic E-state index is 0.0286. The number of carbonyl (C=O) groups is 2. The second-order valence-corrected chi connectivity index (χ2v) is 4.84. The lowest BCUT2D eigenvalue weighted by atomic mass is 10.1. The molecule has 0 heterocycles. The third-order valence-electron chi connectivity index (χ3n) is 2.83. The molecule has 0 atom stereocenters. The van der Waals surface area contributed by atoms with Gasteiger partial charge < -0.3 is 10.4 Å². The van der Waals surface area contributed by atoms with Crippen LogP contribution in [0.3, 0.4) is 0 Å². The molecule has 0 aliphatic rings. The second kappa shape index (κ2) is 5.93. The van der Waals surface area contributed by atoms with Crippen LogP contribution in [0.15, 0.2) is 36.4 Å². The first-order chi connectivity index (χ1) is 9.88. The van der Waals surface area contributed by atoms with Gasteiger partial charge in [-0.1, -0.05) is 17.7 Å². The van der Waals surface area contributed by atoms with E-state index >= 15 is 0 Å². The number of halogens is 2. The molecule has 0 aliphatic heterocycles. The highest BCUT2D eigenvalue weighted by Crippen LogP contribution is 2.24. The summed E-state index contributed by atoms with van der Waals surface area (Å²) in [5.74, 6) is -2.50. The molecule has 2 aromatic carbocycles. The third-order valence-corrected chi connectivity index (χ3v) is 3.16. The number of nitrogens with one attached hydrogen (secondary N) is 1. The van der Waals surface area contributed by atoms with E-state index in [-0.39, 0.29) is 21.8 Å². The molecule has 2 aromatic rings. The normalized spacial score (nSPS) is 10.2. The first-order valence-electron chi connectivity index (χ1n) is 5.99. The van der Waals surface area contributed by atoms with Gasteiger partial charge in [0.25, 0.3) is 5.91 Å². The second-order valence-electron chi connectivity index (χ2n) is 4.44. The van der Waals surface area contributed by atoms with Crippen LogP contribution in [0.2, 0.25) is 5.02 Å². The van der Waals surface area contributed by atoms with Crippen LogP contribution in [-0.2, 0) is 0 Å². The predicted octanol–water partition coefficient (Wildman–Crippen LogP) is 3.74. The average molecular weight is 308 g/mol. The topological polar surface area (TPSA) is 66.4 Å². The van der Waals surface area contributed by atoms with Crippen LogP contribution < -0.4 is 5.32 Å². The van der Waals surface area contributed by atoms with Crippen molar-refractivity contribution in [2.45, 2.75) is 6.92 Å². The average Bonchev–Trinajstić information content (AvgIpc) is 2.40. The minimum atomic E-state index is -1.15. The van der Waals surface area contributed by atoms with Crippen molar-refractivity contribution in [2.75, 3.05) is 5.32 Å². The van der Waals surface area contributed by atoms with Crippen LogP contribution >= 0.6 is 11.6 Å². The third kappa shape index (κ3) is 3.38. The highest BCUT2D eigenvalue weighted by atomic mass is 35.5. The lowest BCUT2D eigenvalue weighted by Gasteiger charge is -2.09. The summed E-state index contributed by atoms with van der Waals surface area (Å²) in [5.41, 5.74) is 0.632. The van der Waals surface area contributed by atoms with Crippen LogP contribution in [-0.4, -0.2) is 17.0 Å². The molecule has 0 spiro atoms. The highest BCUT2D eigenvalue weighted by Gasteiger charge is 2.14. The smallest absolute Gasteiger partial charge is 0.335 e. The van der Waals surface area contributed by atoms with Crippen molar-refractivity contribution < 1.29 is 19.1 Å². The standard InChI is InChI=1S/C15H11ClFNO3/c1-8-2-4-10(12(17)6-8)14(19)18-13-7-9(15(20)21)3-5-11(13)16/h2-7H,1H3,(H,18,19)(H,20,21). The zero-order valence-electron chi connectivity index (χ0n) is 11.0.